The zero-order valence-corrected chi connectivity index (χ0v) is 17.0. The highest BCUT2D eigenvalue weighted by Gasteiger charge is 2.08. The van der Waals surface area contributed by atoms with Crippen LogP contribution >= 0.6 is 11.3 Å². The molecule has 0 unspecified atom stereocenters. The lowest BCUT2D eigenvalue weighted by Gasteiger charge is -2.07. The third kappa shape index (κ3) is 4.82. The van der Waals surface area contributed by atoms with Crippen molar-refractivity contribution in [2.24, 2.45) is 0 Å². The molecule has 4 rings (SSSR count). The molecule has 3 heterocycles. The van der Waals surface area contributed by atoms with Gasteiger partial charge in [-0.2, -0.15) is 0 Å². The first-order valence-electron chi connectivity index (χ1n) is 9.29. The Morgan fingerprint density at radius 1 is 1.07 bits per heavy atom. The Bertz CT molecular complexity index is 1170. The van der Waals surface area contributed by atoms with Gasteiger partial charge in [-0.15, -0.1) is 11.3 Å². The van der Waals surface area contributed by atoms with Crippen molar-refractivity contribution in [1.82, 2.24) is 9.97 Å². The van der Waals surface area contributed by atoms with Gasteiger partial charge in [0.15, 0.2) is 0 Å². The van der Waals surface area contributed by atoms with Crippen LogP contribution in [0.5, 0.6) is 5.75 Å². The predicted octanol–water partition coefficient (Wildman–Crippen LogP) is 5.53. The molecular weight excluding hydrogens is 398 g/mol. The molecule has 2 N–H and O–H groups in total. The van der Waals surface area contributed by atoms with Crippen LogP contribution in [0.15, 0.2) is 72.9 Å². The molecule has 0 aliphatic carbocycles. The summed E-state index contributed by atoms with van der Waals surface area (Å²) in [6.45, 7) is 2.43. The Morgan fingerprint density at radius 3 is 2.67 bits per heavy atom. The molecule has 0 saturated carbocycles. The number of aryl methyl sites for hydroxylation is 1. The third-order valence-electron chi connectivity index (χ3n) is 4.32. The first-order valence-corrected chi connectivity index (χ1v) is 10.1. The SMILES string of the molecule is Cc1ccnc(Nc2cccc(-c3ccc(COc4ccc(C(=O)O)cc4)s3)n2)c1. The maximum Gasteiger partial charge on any atom is 0.335 e. The predicted molar refractivity (Wildman–Crippen MR) is 118 cm³/mol. The van der Waals surface area contributed by atoms with E-state index in [1.165, 1.54) is 12.1 Å². The quantitative estimate of drug-likeness (QED) is 0.411. The van der Waals surface area contributed by atoms with Crippen molar-refractivity contribution in [3.8, 4) is 16.3 Å². The van der Waals surface area contributed by atoms with Gasteiger partial charge in [0.05, 0.1) is 16.1 Å². The van der Waals surface area contributed by atoms with E-state index in [9.17, 15) is 4.79 Å². The minimum Gasteiger partial charge on any atom is -0.488 e. The molecule has 0 bridgehead atoms. The Labute approximate surface area is 177 Å². The summed E-state index contributed by atoms with van der Waals surface area (Å²) in [6.07, 6.45) is 1.77. The fourth-order valence-electron chi connectivity index (χ4n) is 2.82. The molecule has 0 saturated heterocycles. The van der Waals surface area contributed by atoms with Crippen LogP contribution in [0.25, 0.3) is 10.6 Å². The summed E-state index contributed by atoms with van der Waals surface area (Å²) in [4.78, 5) is 22.0. The average molecular weight is 417 g/mol. The summed E-state index contributed by atoms with van der Waals surface area (Å²) in [5.74, 6) is 1.17. The molecule has 0 amide bonds. The Kier molecular flexibility index (Phi) is 5.72. The minimum atomic E-state index is -0.952. The van der Waals surface area contributed by atoms with Crippen LogP contribution < -0.4 is 10.1 Å². The van der Waals surface area contributed by atoms with Crippen LogP contribution in [0.4, 0.5) is 11.6 Å². The summed E-state index contributed by atoms with van der Waals surface area (Å²) >= 11 is 1.61. The van der Waals surface area contributed by atoms with Crippen LogP contribution in [0.1, 0.15) is 20.8 Å². The van der Waals surface area contributed by atoms with Crippen molar-refractivity contribution in [3.05, 3.63) is 88.9 Å². The normalized spacial score (nSPS) is 10.6. The van der Waals surface area contributed by atoms with E-state index >= 15 is 0 Å². The van der Waals surface area contributed by atoms with Gasteiger partial charge in [0.2, 0.25) is 0 Å². The molecule has 0 atom stereocenters. The maximum atomic E-state index is 10.9. The number of ether oxygens (including phenoxy) is 1. The van der Waals surface area contributed by atoms with Crippen molar-refractivity contribution in [2.45, 2.75) is 13.5 Å². The van der Waals surface area contributed by atoms with Crippen molar-refractivity contribution >= 4 is 28.9 Å². The highest BCUT2D eigenvalue weighted by molar-refractivity contribution is 7.15. The topological polar surface area (TPSA) is 84.3 Å². The number of rotatable bonds is 7. The number of carbonyl (C=O) groups is 1. The first-order chi connectivity index (χ1) is 14.6. The molecule has 0 fully saturated rings. The number of hydrogen-bond donors (Lipinski definition) is 2. The van der Waals surface area contributed by atoms with E-state index in [4.69, 9.17) is 9.84 Å². The van der Waals surface area contributed by atoms with Crippen molar-refractivity contribution in [3.63, 3.8) is 0 Å². The van der Waals surface area contributed by atoms with Gasteiger partial charge >= 0.3 is 5.97 Å². The summed E-state index contributed by atoms with van der Waals surface area (Å²) in [5, 5.41) is 12.2. The average Bonchev–Trinajstić information content (AvgIpc) is 3.22. The second kappa shape index (κ2) is 8.75. The second-order valence-corrected chi connectivity index (χ2v) is 7.80. The number of nitrogens with one attached hydrogen (secondary N) is 1. The molecule has 0 aliphatic heterocycles. The molecule has 150 valence electrons. The molecule has 0 radical (unpaired) electrons. The van der Waals surface area contributed by atoms with E-state index in [2.05, 4.69) is 15.3 Å². The second-order valence-electron chi connectivity index (χ2n) is 6.64. The van der Waals surface area contributed by atoms with Gasteiger partial charge in [-0.25, -0.2) is 14.8 Å². The van der Waals surface area contributed by atoms with Gasteiger partial charge in [0.25, 0.3) is 0 Å². The van der Waals surface area contributed by atoms with Crippen molar-refractivity contribution < 1.29 is 14.6 Å². The Morgan fingerprint density at radius 2 is 1.90 bits per heavy atom. The highest BCUT2D eigenvalue weighted by Crippen LogP contribution is 2.29. The van der Waals surface area contributed by atoms with Gasteiger partial charge in [-0.1, -0.05) is 6.07 Å². The lowest BCUT2D eigenvalue weighted by atomic mass is 10.2. The first kappa shape index (κ1) is 19.6. The molecule has 30 heavy (non-hydrogen) atoms. The Hall–Kier alpha value is -3.71. The zero-order valence-electron chi connectivity index (χ0n) is 16.2. The number of nitrogens with zero attached hydrogens (tertiary/aromatic N) is 2. The number of carboxylic acids is 1. The molecule has 1 aromatic carbocycles. The van der Waals surface area contributed by atoms with Gasteiger partial charge in [-0.3, -0.25) is 0 Å². The van der Waals surface area contributed by atoms with Crippen LogP contribution in [0.2, 0.25) is 0 Å². The third-order valence-corrected chi connectivity index (χ3v) is 5.40. The lowest BCUT2D eigenvalue weighted by Crippen LogP contribution is -1.97. The van der Waals surface area contributed by atoms with Crippen molar-refractivity contribution in [1.29, 1.82) is 0 Å². The van der Waals surface area contributed by atoms with Crippen LogP contribution in [-0.4, -0.2) is 21.0 Å². The Balaban J connectivity index is 1.42. The van der Waals surface area contributed by atoms with Gasteiger partial charge in [-0.05, 0) is 73.2 Å². The fourth-order valence-corrected chi connectivity index (χ4v) is 3.71. The molecule has 4 aromatic rings. The highest BCUT2D eigenvalue weighted by atomic mass is 32.1. The zero-order chi connectivity index (χ0) is 20.9. The molecule has 0 spiro atoms. The number of anilines is 2. The van der Waals surface area contributed by atoms with Crippen LogP contribution in [-0.2, 0) is 6.61 Å². The van der Waals surface area contributed by atoms with Crippen LogP contribution in [0, 0.1) is 6.92 Å². The van der Waals surface area contributed by atoms with E-state index in [1.54, 1.807) is 29.7 Å². The number of pyridine rings is 2. The molecule has 0 aliphatic rings. The smallest absolute Gasteiger partial charge is 0.335 e. The fraction of sp³-hybridized carbons (Fsp3) is 0.0870. The van der Waals surface area contributed by atoms with Gasteiger partial charge in [0, 0.05) is 11.1 Å². The monoisotopic (exact) mass is 417 g/mol. The van der Waals surface area contributed by atoms with E-state index in [0.717, 1.165) is 32.6 Å². The molecule has 6 nitrogen and oxygen atoms in total. The summed E-state index contributed by atoms with van der Waals surface area (Å²) in [5.41, 5.74) is 2.24. The number of carboxylic acid groups (broad SMARTS) is 1. The number of benzene rings is 1. The van der Waals surface area contributed by atoms with Crippen molar-refractivity contribution in [2.75, 3.05) is 5.32 Å². The van der Waals surface area contributed by atoms with Gasteiger partial charge < -0.3 is 15.2 Å². The maximum absolute atomic E-state index is 10.9. The minimum absolute atomic E-state index is 0.237. The summed E-state index contributed by atoms with van der Waals surface area (Å²) < 4.78 is 5.77. The van der Waals surface area contributed by atoms with Crippen LogP contribution in [0.3, 0.4) is 0 Å². The van der Waals surface area contributed by atoms with E-state index in [1.807, 2.05) is 49.4 Å². The summed E-state index contributed by atoms with van der Waals surface area (Å²) in [6, 6.07) is 20.2. The molecule has 3 aromatic heterocycles. The van der Waals surface area contributed by atoms with E-state index in [0.29, 0.717) is 12.4 Å². The summed E-state index contributed by atoms with van der Waals surface area (Å²) in [7, 11) is 0. The standard InChI is InChI=1S/C23H19N3O3S/c1-15-11-12-24-22(13-15)26-21-4-2-3-19(25-21)20-10-9-18(30-20)14-29-17-7-5-16(6-8-17)23(27)28/h2-13H,14H2,1H3,(H,27,28)(H,24,25,26). The number of aromatic nitrogens is 2. The number of thiophene rings is 1. The lowest BCUT2D eigenvalue weighted by molar-refractivity contribution is 0.0697. The van der Waals surface area contributed by atoms with E-state index < -0.39 is 5.97 Å². The van der Waals surface area contributed by atoms with Gasteiger partial charge in [0.1, 0.15) is 24.0 Å². The largest absolute Gasteiger partial charge is 0.488 e. The number of aromatic carboxylic acids is 1. The molecule has 7 heteroatoms. The van der Waals surface area contributed by atoms with E-state index in [-0.39, 0.29) is 5.56 Å². The number of hydrogen-bond acceptors (Lipinski definition) is 6. The molecular formula is C23H19N3O3S.